The molecule has 3 N–H and O–H groups in total. The van der Waals surface area contributed by atoms with Crippen molar-refractivity contribution in [2.45, 2.75) is 25.8 Å². The topological polar surface area (TPSA) is 84.7 Å². The third kappa shape index (κ3) is 3.25. The molecular formula is C13H23N3O3. The van der Waals surface area contributed by atoms with Gasteiger partial charge in [0.05, 0.1) is 19.1 Å². The molecule has 0 aromatic heterocycles. The summed E-state index contributed by atoms with van der Waals surface area (Å²) in [7, 11) is 0. The van der Waals surface area contributed by atoms with Gasteiger partial charge in [-0.15, -0.1) is 0 Å². The van der Waals surface area contributed by atoms with Crippen LogP contribution in [0.3, 0.4) is 0 Å². The minimum absolute atomic E-state index is 0.0755. The number of rotatable bonds is 4. The van der Waals surface area contributed by atoms with Crippen LogP contribution in [0.2, 0.25) is 0 Å². The summed E-state index contributed by atoms with van der Waals surface area (Å²) in [5.74, 6) is -0.272. The number of likely N-dealkylation sites (N-methyl/N-ethyl adjacent to an activating group) is 1. The molecule has 2 aliphatic heterocycles. The highest BCUT2D eigenvalue weighted by Crippen LogP contribution is 2.22. The molecule has 0 aliphatic carbocycles. The number of nitrogens with zero attached hydrogens (tertiary/aromatic N) is 1. The highest BCUT2D eigenvalue weighted by Gasteiger charge is 2.37. The molecule has 0 bridgehead atoms. The van der Waals surface area contributed by atoms with Crippen molar-refractivity contribution in [3.63, 3.8) is 0 Å². The molecule has 0 saturated carbocycles. The number of primary amides is 1. The van der Waals surface area contributed by atoms with Crippen molar-refractivity contribution in [3.05, 3.63) is 0 Å². The summed E-state index contributed by atoms with van der Waals surface area (Å²) in [6.07, 6.45) is 1.36. The molecule has 2 heterocycles. The summed E-state index contributed by atoms with van der Waals surface area (Å²) >= 11 is 0. The fourth-order valence-corrected chi connectivity index (χ4v) is 2.88. The third-order valence-corrected chi connectivity index (χ3v) is 4.07. The van der Waals surface area contributed by atoms with E-state index in [1.54, 1.807) is 0 Å². The van der Waals surface area contributed by atoms with Gasteiger partial charge < -0.3 is 20.7 Å². The molecule has 2 unspecified atom stereocenters. The Morgan fingerprint density at radius 2 is 2.00 bits per heavy atom. The number of carbonyl (C=O) groups is 2. The molecule has 2 atom stereocenters. The minimum atomic E-state index is -0.248. The summed E-state index contributed by atoms with van der Waals surface area (Å²) in [6.45, 7) is 5.21. The van der Waals surface area contributed by atoms with Gasteiger partial charge in [-0.1, -0.05) is 6.92 Å². The van der Waals surface area contributed by atoms with Crippen LogP contribution in [0.25, 0.3) is 0 Å². The van der Waals surface area contributed by atoms with Gasteiger partial charge in [-0.2, -0.15) is 0 Å². The van der Waals surface area contributed by atoms with E-state index in [1.165, 1.54) is 0 Å². The number of piperidine rings is 1. The molecule has 6 nitrogen and oxygen atoms in total. The number of likely N-dealkylation sites (tertiary alicyclic amines) is 1. The third-order valence-electron chi connectivity index (χ3n) is 4.07. The standard InChI is InChI=1S/C13H23N3O3/c1-2-15-11-8-19-7-10(11)13(18)16-5-3-9(4-6-16)12(14)17/h9-11,15H,2-8H2,1H3,(H2,14,17). The van der Waals surface area contributed by atoms with Gasteiger partial charge in [-0.25, -0.2) is 0 Å². The molecule has 2 aliphatic rings. The maximum absolute atomic E-state index is 12.5. The maximum Gasteiger partial charge on any atom is 0.229 e. The van der Waals surface area contributed by atoms with Crippen molar-refractivity contribution in [1.29, 1.82) is 0 Å². The number of amides is 2. The average molecular weight is 269 g/mol. The average Bonchev–Trinajstić information content (AvgIpc) is 2.87. The summed E-state index contributed by atoms with van der Waals surface area (Å²) in [5, 5.41) is 3.29. The quantitative estimate of drug-likeness (QED) is 0.709. The lowest BCUT2D eigenvalue weighted by Crippen LogP contribution is -2.49. The van der Waals surface area contributed by atoms with Gasteiger partial charge >= 0.3 is 0 Å². The van der Waals surface area contributed by atoms with Crippen molar-refractivity contribution in [1.82, 2.24) is 10.2 Å². The van der Waals surface area contributed by atoms with E-state index in [0.29, 0.717) is 39.1 Å². The van der Waals surface area contributed by atoms with E-state index in [-0.39, 0.29) is 29.7 Å². The van der Waals surface area contributed by atoms with E-state index < -0.39 is 0 Å². The zero-order valence-electron chi connectivity index (χ0n) is 11.4. The second-order valence-electron chi connectivity index (χ2n) is 5.31. The Morgan fingerprint density at radius 1 is 1.32 bits per heavy atom. The van der Waals surface area contributed by atoms with Crippen LogP contribution in [0.15, 0.2) is 0 Å². The molecule has 6 heteroatoms. The van der Waals surface area contributed by atoms with E-state index in [4.69, 9.17) is 10.5 Å². The number of hydrogen-bond donors (Lipinski definition) is 2. The first-order valence-electron chi connectivity index (χ1n) is 7.02. The molecule has 108 valence electrons. The Morgan fingerprint density at radius 3 is 2.58 bits per heavy atom. The van der Waals surface area contributed by atoms with Gasteiger partial charge in [0.25, 0.3) is 0 Å². The molecule has 19 heavy (non-hydrogen) atoms. The first-order chi connectivity index (χ1) is 9.13. The van der Waals surface area contributed by atoms with Gasteiger partial charge in [0, 0.05) is 25.0 Å². The maximum atomic E-state index is 12.5. The van der Waals surface area contributed by atoms with E-state index in [1.807, 2.05) is 11.8 Å². The van der Waals surface area contributed by atoms with E-state index in [0.717, 1.165) is 6.54 Å². The van der Waals surface area contributed by atoms with Crippen molar-refractivity contribution < 1.29 is 14.3 Å². The summed E-state index contributed by atoms with van der Waals surface area (Å²) < 4.78 is 5.41. The van der Waals surface area contributed by atoms with E-state index in [2.05, 4.69) is 5.32 Å². The second kappa shape index (κ2) is 6.34. The van der Waals surface area contributed by atoms with Gasteiger partial charge in [0.15, 0.2) is 0 Å². The molecule has 2 saturated heterocycles. The fourth-order valence-electron chi connectivity index (χ4n) is 2.88. The number of nitrogens with two attached hydrogens (primary N) is 1. The zero-order chi connectivity index (χ0) is 13.8. The zero-order valence-corrected chi connectivity index (χ0v) is 11.4. The Balaban J connectivity index is 1.88. The van der Waals surface area contributed by atoms with E-state index >= 15 is 0 Å². The molecule has 2 amide bonds. The summed E-state index contributed by atoms with van der Waals surface area (Å²) in [6, 6.07) is 0.117. The Bertz CT molecular complexity index is 340. The second-order valence-corrected chi connectivity index (χ2v) is 5.31. The molecule has 0 radical (unpaired) electrons. The van der Waals surface area contributed by atoms with Crippen molar-refractivity contribution in [2.75, 3.05) is 32.8 Å². The summed E-state index contributed by atoms with van der Waals surface area (Å²) in [4.78, 5) is 25.4. The summed E-state index contributed by atoms with van der Waals surface area (Å²) in [5.41, 5.74) is 5.30. The first-order valence-corrected chi connectivity index (χ1v) is 7.02. The molecular weight excluding hydrogens is 246 g/mol. The molecule has 0 spiro atoms. The highest BCUT2D eigenvalue weighted by atomic mass is 16.5. The van der Waals surface area contributed by atoms with Gasteiger partial charge in [-0.05, 0) is 19.4 Å². The molecule has 0 aromatic carbocycles. The largest absolute Gasteiger partial charge is 0.379 e. The smallest absolute Gasteiger partial charge is 0.229 e. The van der Waals surface area contributed by atoms with Crippen LogP contribution in [0, 0.1) is 11.8 Å². The number of hydrogen-bond acceptors (Lipinski definition) is 4. The highest BCUT2D eigenvalue weighted by molar-refractivity contribution is 5.81. The predicted octanol–water partition coefficient (Wildman–Crippen LogP) is -0.665. The first kappa shape index (κ1) is 14.3. The van der Waals surface area contributed by atoms with Crippen LogP contribution in [-0.2, 0) is 14.3 Å². The van der Waals surface area contributed by atoms with Crippen LogP contribution in [-0.4, -0.2) is 55.6 Å². The Hall–Kier alpha value is -1.14. The van der Waals surface area contributed by atoms with Crippen molar-refractivity contribution >= 4 is 11.8 Å². The van der Waals surface area contributed by atoms with Crippen LogP contribution < -0.4 is 11.1 Å². The Labute approximate surface area is 113 Å². The predicted molar refractivity (Wildman–Crippen MR) is 70.3 cm³/mol. The molecule has 2 rings (SSSR count). The normalized spacial score (nSPS) is 28.6. The number of carbonyl (C=O) groups excluding carboxylic acids is 2. The van der Waals surface area contributed by atoms with Gasteiger partial charge in [-0.3, -0.25) is 9.59 Å². The van der Waals surface area contributed by atoms with Crippen LogP contribution >= 0.6 is 0 Å². The minimum Gasteiger partial charge on any atom is -0.379 e. The molecule has 2 fully saturated rings. The Kier molecular flexibility index (Phi) is 4.76. The fraction of sp³-hybridized carbons (Fsp3) is 0.846. The van der Waals surface area contributed by atoms with Crippen molar-refractivity contribution in [3.8, 4) is 0 Å². The number of ether oxygens (including phenoxy) is 1. The lowest BCUT2D eigenvalue weighted by molar-refractivity contribution is -0.139. The van der Waals surface area contributed by atoms with E-state index in [9.17, 15) is 9.59 Å². The molecule has 0 aromatic rings. The monoisotopic (exact) mass is 269 g/mol. The number of nitrogens with one attached hydrogen (secondary N) is 1. The van der Waals surface area contributed by atoms with Crippen LogP contribution in [0.5, 0.6) is 0 Å². The van der Waals surface area contributed by atoms with Gasteiger partial charge in [0.1, 0.15) is 0 Å². The lowest BCUT2D eigenvalue weighted by Gasteiger charge is -2.33. The van der Waals surface area contributed by atoms with Crippen LogP contribution in [0.4, 0.5) is 0 Å². The van der Waals surface area contributed by atoms with Crippen molar-refractivity contribution in [2.24, 2.45) is 17.6 Å². The van der Waals surface area contributed by atoms with Crippen LogP contribution in [0.1, 0.15) is 19.8 Å². The van der Waals surface area contributed by atoms with Gasteiger partial charge in [0.2, 0.25) is 11.8 Å². The SMILES string of the molecule is CCNC1COCC1C(=O)N1CCC(C(N)=O)CC1. The lowest BCUT2D eigenvalue weighted by atomic mass is 9.94.